The molecular formula is C13H19ClN2O3S. The van der Waals surface area contributed by atoms with Crippen molar-refractivity contribution in [1.29, 1.82) is 0 Å². The maximum atomic E-state index is 12.0. The lowest BCUT2D eigenvalue weighted by molar-refractivity contribution is 0.415. The van der Waals surface area contributed by atoms with Crippen LogP contribution < -0.4 is 14.8 Å². The van der Waals surface area contributed by atoms with Gasteiger partial charge in [-0.05, 0) is 37.9 Å². The van der Waals surface area contributed by atoms with Crippen LogP contribution in [0.2, 0.25) is 5.02 Å². The molecule has 0 bridgehead atoms. The molecule has 0 amide bonds. The van der Waals surface area contributed by atoms with Gasteiger partial charge in [0.25, 0.3) is 0 Å². The molecule has 0 unspecified atom stereocenters. The summed E-state index contributed by atoms with van der Waals surface area (Å²) in [6, 6.07) is 5.45. The molecule has 1 aliphatic carbocycles. The van der Waals surface area contributed by atoms with E-state index in [1.165, 1.54) is 20.0 Å². The van der Waals surface area contributed by atoms with Gasteiger partial charge in [0.05, 0.1) is 23.6 Å². The second kappa shape index (κ2) is 6.65. The Bertz CT molecular complexity index is 559. The predicted octanol–water partition coefficient (Wildman–Crippen LogP) is 2.23. The molecule has 1 aliphatic rings. The molecule has 1 saturated carbocycles. The third-order valence-corrected chi connectivity index (χ3v) is 4.73. The first-order chi connectivity index (χ1) is 9.50. The molecule has 1 fully saturated rings. The highest BCUT2D eigenvalue weighted by Gasteiger charge is 2.20. The first kappa shape index (κ1) is 15.4. The number of halogens is 1. The Morgan fingerprint density at radius 1 is 1.40 bits per heavy atom. The second-order valence-corrected chi connectivity index (χ2v) is 7.10. The highest BCUT2D eigenvalue weighted by Crippen LogP contribution is 2.27. The van der Waals surface area contributed by atoms with Gasteiger partial charge in [0, 0.05) is 12.1 Å². The molecule has 0 saturated heterocycles. The zero-order chi connectivity index (χ0) is 14.6. The average molecular weight is 319 g/mol. The van der Waals surface area contributed by atoms with E-state index in [0.29, 0.717) is 28.9 Å². The third-order valence-electron chi connectivity index (χ3n) is 3.04. The summed E-state index contributed by atoms with van der Waals surface area (Å²) in [5.74, 6) is 0.628. The highest BCUT2D eigenvalue weighted by molar-refractivity contribution is 7.92. The van der Waals surface area contributed by atoms with Gasteiger partial charge in [-0.25, -0.2) is 8.42 Å². The fraction of sp³-hybridized carbons (Fsp3) is 0.538. The van der Waals surface area contributed by atoms with E-state index in [9.17, 15) is 8.42 Å². The van der Waals surface area contributed by atoms with E-state index in [1.54, 1.807) is 18.2 Å². The van der Waals surface area contributed by atoms with Crippen LogP contribution in [0.1, 0.15) is 19.3 Å². The van der Waals surface area contributed by atoms with Gasteiger partial charge >= 0.3 is 0 Å². The van der Waals surface area contributed by atoms with Crippen LogP contribution in [0.4, 0.5) is 5.69 Å². The molecular weight excluding hydrogens is 300 g/mol. The first-order valence-corrected chi connectivity index (χ1v) is 8.60. The number of anilines is 1. The van der Waals surface area contributed by atoms with Gasteiger partial charge in [-0.15, -0.1) is 0 Å². The molecule has 0 radical (unpaired) electrons. The zero-order valence-corrected chi connectivity index (χ0v) is 12.9. The normalized spacial score (nSPS) is 15.1. The lowest BCUT2D eigenvalue weighted by Gasteiger charge is -2.11. The molecule has 0 heterocycles. The summed E-state index contributed by atoms with van der Waals surface area (Å²) in [6.07, 6.45) is 2.97. The Labute approximate surface area is 124 Å². The molecule has 0 aliphatic heterocycles. The Kier molecular flexibility index (Phi) is 5.12. The second-order valence-electron chi connectivity index (χ2n) is 4.85. The fourth-order valence-corrected chi connectivity index (χ4v) is 3.14. The summed E-state index contributed by atoms with van der Waals surface area (Å²) in [4.78, 5) is 0. The molecule has 0 aromatic heterocycles. The van der Waals surface area contributed by atoms with Crippen LogP contribution in [-0.2, 0) is 10.0 Å². The van der Waals surface area contributed by atoms with Crippen LogP contribution in [0.5, 0.6) is 5.75 Å². The zero-order valence-electron chi connectivity index (χ0n) is 11.4. The van der Waals surface area contributed by atoms with Crippen LogP contribution in [0.3, 0.4) is 0 Å². The van der Waals surface area contributed by atoms with Crippen molar-refractivity contribution in [2.45, 2.75) is 25.3 Å². The van der Waals surface area contributed by atoms with Crippen LogP contribution >= 0.6 is 11.6 Å². The molecule has 1 aromatic carbocycles. The monoisotopic (exact) mass is 318 g/mol. The number of hydrogen-bond acceptors (Lipinski definition) is 4. The van der Waals surface area contributed by atoms with E-state index in [2.05, 4.69) is 10.0 Å². The van der Waals surface area contributed by atoms with Gasteiger partial charge in [-0.1, -0.05) is 11.6 Å². The largest absolute Gasteiger partial charge is 0.497 e. The van der Waals surface area contributed by atoms with Crippen molar-refractivity contribution >= 4 is 27.3 Å². The summed E-state index contributed by atoms with van der Waals surface area (Å²) >= 11 is 5.98. The lowest BCUT2D eigenvalue weighted by atomic mass is 10.3. The van der Waals surface area contributed by atoms with Crippen molar-refractivity contribution in [2.24, 2.45) is 0 Å². The van der Waals surface area contributed by atoms with Crippen molar-refractivity contribution in [3.05, 3.63) is 23.2 Å². The smallest absolute Gasteiger partial charge is 0.232 e. The van der Waals surface area contributed by atoms with E-state index in [4.69, 9.17) is 16.3 Å². The standard InChI is InChI=1S/C13H19ClN2O3S/c1-19-11-5-6-12(14)13(9-11)16-20(17,18)8-2-7-15-10-3-4-10/h5-6,9-10,15-16H,2-4,7-8H2,1H3. The summed E-state index contributed by atoms with van der Waals surface area (Å²) < 4.78 is 31.5. The van der Waals surface area contributed by atoms with Crippen LogP contribution in [0.25, 0.3) is 0 Å². The molecule has 0 atom stereocenters. The minimum absolute atomic E-state index is 0.0697. The van der Waals surface area contributed by atoms with Crippen molar-refractivity contribution in [1.82, 2.24) is 5.32 Å². The number of rotatable bonds is 8. The van der Waals surface area contributed by atoms with Gasteiger partial charge in [0.15, 0.2) is 0 Å². The summed E-state index contributed by atoms with van der Waals surface area (Å²) in [7, 11) is -1.87. The number of sulfonamides is 1. The third kappa shape index (κ3) is 4.85. The fourth-order valence-electron chi connectivity index (χ4n) is 1.78. The minimum atomic E-state index is -3.39. The topological polar surface area (TPSA) is 67.4 Å². The van der Waals surface area contributed by atoms with Crippen LogP contribution in [-0.4, -0.2) is 33.9 Å². The number of methoxy groups -OCH3 is 1. The summed E-state index contributed by atoms with van der Waals surface area (Å²) in [6.45, 7) is 0.720. The Morgan fingerprint density at radius 2 is 2.15 bits per heavy atom. The molecule has 2 N–H and O–H groups in total. The summed E-state index contributed by atoms with van der Waals surface area (Å²) in [5, 5.41) is 3.64. The van der Waals surface area contributed by atoms with Crippen LogP contribution in [0.15, 0.2) is 18.2 Å². The number of nitrogens with one attached hydrogen (secondary N) is 2. The molecule has 1 aromatic rings. The summed E-state index contributed by atoms with van der Waals surface area (Å²) in [5.41, 5.74) is 0.348. The van der Waals surface area contributed by atoms with E-state index < -0.39 is 10.0 Å². The number of ether oxygens (including phenoxy) is 1. The van der Waals surface area contributed by atoms with Gasteiger partial charge in [0.2, 0.25) is 10.0 Å². The highest BCUT2D eigenvalue weighted by atomic mass is 35.5. The molecule has 112 valence electrons. The molecule has 20 heavy (non-hydrogen) atoms. The minimum Gasteiger partial charge on any atom is -0.497 e. The molecule has 5 nitrogen and oxygen atoms in total. The van der Waals surface area contributed by atoms with Crippen LogP contribution in [0, 0.1) is 0 Å². The lowest BCUT2D eigenvalue weighted by Crippen LogP contribution is -2.23. The molecule has 7 heteroatoms. The quantitative estimate of drug-likeness (QED) is 0.721. The maximum Gasteiger partial charge on any atom is 0.232 e. The number of benzene rings is 1. The van der Waals surface area contributed by atoms with Gasteiger partial charge in [-0.2, -0.15) is 0 Å². The van der Waals surface area contributed by atoms with Gasteiger partial charge in [0.1, 0.15) is 5.75 Å². The van der Waals surface area contributed by atoms with E-state index in [0.717, 1.165) is 6.54 Å². The Balaban J connectivity index is 1.89. The van der Waals surface area contributed by atoms with Crippen molar-refractivity contribution in [2.75, 3.05) is 24.1 Å². The predicted molar refractivity (Wildman–Crippen MR) is 81.1 cm³/mol. The van der Waals surface area contributed by atoms with E-state index in [1.807, 2.05) is 0 Å². The van der Waals surface area contributed by atoms with Gasteiger partial charge in [-0.3, -0.25) is 4.72 Å². The van der Waals surface area contributed by atoms with E-state index >= 15 is 0 Å². The average Bonchev–Trinajstić information content (AvgIpc) is 3.21. The maximum absolute atomic E-state index is 12.0. The van der Waals surface area contributed by atoms with Crippen molar-refractivity contribution < 1.29 is 13.2 Å². The molecule has 2 rings (SSSR count). The van der Waals surface area contributed by atoms with Crippen molar-refractivity contribution in [3.63, 3.8) is 0 Å². The Hall–Kier alpha value is -0.980. The molecule has 0 spiro atoms. The Morgan fingerprint density at radius 3 is 2.80 bits per heavy atom. The SMILES string of the molecule is COc1ccc(Cl)c(NS(=O)(=O)CCCNC2CC2)c1. The number of hydrogen-bond donors (Lipinski definition) is 2. The first-order valence-electron chi connectivity index (χ1n) is 6.57. The van der Waals surface area contributed by atoms with E-state index in [-0.39, 0.29) is 5.75 Å². The van der Waals surface area contributed by atoms with Crippen molar-refractivity contribution in [3.8, 4) is 5.75 Å². The van der Waals surface area contributed by atoms with Gasteiger partial charge < -0.3 is 10.1 Å².